The Morgan fingerprint density at radius 1 is 1.38 bits per heavy atom. The number of carbonyl (C=O) groups is 2. The summed E-state index contributed by atoms with van der Waals surface area (Å²) in [4.78, 5) is 25.4. The van der Waals surface area contributed by atoms with Gasteiger partial charge in [-0.3, -0.25) is 9.59 Å². The molecule has 24 heavy (non-hydrogen) atoms. The minimum absolute atomic E-state index is 0.178. The van der Waals surface area contributed by atoms with E-state index in [4.69, 9.17) is 5.73 Å². The van der Waals surface area contributed by atoms with Crippen LogP contribution >= 0.6 is 23.1 Å². The number of aromatic nitrogens is 3. The minimum Gasteiger partial charge on any atom is -0.365 e. The fourth-order valence-corrected chi connectivity index (χ4v) is 4.83. The molecule has 0 aromatic carbocycles. The monoisotopic (exact) mass is 365 g/mol. The van der Waals surface area contributed by atoms with E-state index in [0.717, 1.165) is 35.5 Å². The van der Waals surface area contributed by atoms with E-state index in [2.05, 4.69) is 15.5 Å². The predicted octanol–water partition coefficient (Wildman–Crippen LogP) is 1.89. The summed E-state index contributed by atoms with van der Waals surface area (Å²) in [6.07, 6.45) is 2.83. The summed E-state index contributed by atoms with van der Waals surface area (Å²) in [6, 6.07) is 0. The largest absolute Gasteiger partial charge is 0.365 e. The molecule has 0 fully saturated rings. The van der Waals surface area contributed by atoms with Crippen LogP contribution in [-0.2, 0) is 24.7 Å². The fraction of sp³-hybridized carbons (Fsp3) is 0.467. The van der Waals surface area contributed by atoms with E-state index in [0.29, 0.717) is 15.7 Å². The van der Waals surface area contributed by atoms with Gasteiger partial charge in [0.2, 0.25) is 5.91 Å². The smallest absolute Gasteiger partial charge is 0.251 e. The van der Waals surface area contributed by atoms with Gasteiger partial charge in [-0.2, -0.15) is 0 Å². The maximum Gasteiger partial charge on any atom is 0.251 e. The molecule has 0 radical (unpaired) electrons. The number of hydrogen-bond donors (Lipinski definition) is 2. The molecule has 1 aliphatic rings. The van der Waals surface area contributed by atoms with E-state index in [1.54, 1.807) is 6.92 Å². The van der Waals surface area contributed by atoms with Gasteiger partial charge in [-0.25, -0.2) is 0 Å². The van der Waals surface area contributed by atoms with Crippen molar-refractivity contribution in [2.75, 3.05) is 5.32 Å². The first-order valence-electron chi connectivity index (χ1n) is 7.66. The van der Waals surface area contributed by atoms with E-state index >= 15 is 0 Å². The number of rotatable bonds is 5. The first-order chi connectivity index (χ1) is 11.4. The third-order valence-corrected chi connectivity index (χ3v) is 6.45. The van der Waals surface area contributed by atoms with Gasteiger partial charge in [0.05, 0.1) is 10.8 Å². The van der Waals surface area contributed by atoms with Crippen molar-refractivity contribution in [1.29, 1.82) is 0 Å². The highest BCUT2D eigenvalue weighted by molar-refractivity contribution is 8.00. The van der Waals surface area contributed by atoms with Gasteiger partial charge in [-0.15, -0.1) is 21.5 Å². The zero-order valence-electron chi connectivity index (χ0n) is 13.8. The summed E-state index contributed by atoms with van der Waals surface area (Å²) in [7, 11) is 1.86. The SMILES string of the molecule is Cc1nnc(S[C@@H](C)C(=O)Nc2sc3c(c2C(N)=O)CCC3)n1C. The summed E-state index contributed by atoms with van der Waals surface area (Å²) in [5, 5.41) is 11.8. The molecule has 0 saturated heterocycles. The normalized spacial score (nSPS) is 14.5. The molecule has 0 spiro atoms. The Hall–Kier alpha value is -1.87. The molecule has 2 amide bonds. The van der Waals surface area contributed by atoms with Gasteiger partial charge in [0.1, 0.15) is 10.8 Å². The number of primary amides is 1. The van der Waals surface area contributed by atoms with Gasteiger partial charge in [-0.05, 0) is 38.7 Å². The Balaban J connectivity index is 1.75. The molecule has 3 N–H and O–H groups in total. The number of aryl methyl sites for hydroxylation is 2. The number of carbonyl (C=O) groups excluding carboxylic acids is 2. The highest BCUT2D eigenvalue weighted by Gasteiger charge is 2.27. The van der Waals surface area contributed by atoms with E-state index in [-0.39, 0.29) is 11.2 Å². The van der Waals surface area contributed by atoms with Crippen LogP contribution in [0, 0.1) is 6.92 Å². The molecule has 9 heteroatoms. The molecule has 0 saturated carbocycles. The van der Waals surface area contributed by atoms with E-state index in [1.165, 1.54) is 23.1 Å². The van der Waals surface area contributed by atoms with Crippen LogP contribution in [0.5, 0.6) is 0 Å². The van der Waals surface area contributed by atoms with Gasteiger partial charge in [0.25, 0.3) is 5.91 Å². The maximum atomic E-state index is 12.5. The summed E-state index contributed by atoms with van der Waals surface area (Å²) in [6.45, 7) is 3.66. The van der Waals surface area contributed by atoms with Gasteiger partial charge in [0.15, 0.2) is 5.16 Å². The number of anilines is 1. The Morgan fingerprint density at radius 3 is 2.75 bits per heavy atom. The van der Waals surface area contributed by atoms with Crippen molar-refractivity contribution in [3.05, 3.63) is 21.8 Å². The van der Waals surface area contributed by atoms with Crippen molar-refractivity contribution < 1.29 is 9.59 Å². The molecule has 128 valence electrons. The van der Waals surface area contributed by atoms with Crippen molar-refractivity contribution in [3.63, 3.8) is 0 Å². The molecule has 2 aromatic heterocycles. The second-order valence-corrected chi connectivity index (χ2v) is 8.18. The number of nitrogens with one attached hydrogen (secondary N) is 1. The molecule has 3 rings (SSSR count). The highest BCUT2D eigenvalue weighted by atomic mass is 32.2. The van der Waals surface area contributed by atoms with Gasteiger partial charge >= 0.3 is 0 Å². The van der Waals surface area contributed by atoms with E-state index in [9.17, 15) is 9.59 Å². The van der Waals surface area contributed by atoms with Crippen LogP contribution < -0.4 is 11.1 Å². The third kappa shape index (κ3) is 3.05. The topological polar surface area (TPSA) is 103 Å². The predicted molar refractivity (Wildman–Crippen MR) is 94.6 cm³/mol. The first kappa shape index (κ1) is 17.0. The quantitative estimate of drug-likeness (QED) is 0.788. The van der Waals surface area contributed by atoms with Crippen LogP contribution in [0.2, 0.25) is 0 Å². The molecular formula is C15H19N5O2S2. The van der Waals surface area contributed by atoms with Gasteiger partial charge in [-0.1, -0.05) is 11.8 Å². The molecule has 1 atom stereocenters. The molecule has 0 aliphatic heterocycles. The van der Waals surface area contributed by atoms with Crippen LogP contribution in [0.25, 0.3) is 0 Å². The number of hydrogen-bond acceptors (Lipinski definition) is 6. The number of thiophene rings is 1. The molecule has 7 nitrogen and oxygen atoms in total. The summed E-state index contributed by atoms with van der Waals surface area (Å²) in [5.74, 6) is 0.132. The zero-order chi connectivity index (χ0) is 17.4. The van der Waals surface area contributed by atoms with Gasteiger partial charge < -0.3 is 15.6 Å². The van der Waals surface area contributed by atoms with Crippen LogP contribution in [0.1, 0.15) is 40.0 Å². The van der Waals surface area contributed by atoms with Gasteiger partial charge in [0, 0.05) is 11.9 Å². The lowest BCUT2D eigenvalue weighted by molar-refractivity contribution is -0.115. The number of nitrogens with two attached hydrogens (primary N) is 1. The van der Waals surface area contributed by atoms with Crippen molar-refractivity contribution in [3.8, 4) is 0 Å². The third-order valence-electron chi connectivity index (χ3n) is 4.11. The Kier molecular flexibility index (Phi) is 4.64. The maximum absolute atomic E-state index is 12.5. The molecule has 2 aromatic rings. The van der Waals surface area contributed by atoms with E-state index < -0.39 is 5.91 Å². The first-order valence-corrected chi connectivity index (χ1v) is 9.36. The Labute approximate surface area is 148 Å². The molecule has 1 aliphatic carbocycles. The van der Waals surface area contributed by atoms with Crippen LogP contribution in [0.4, 0.5) is 5.00 Å². The molecule has 0 bridgehead atoms. The van der Waals surface area contributed by atoms with Crippen molar-refractivity contribution >= 4 is 39.9 Å². The zero-order valence-corrected chi connectivity index (χ0v) is 15.4. The highest BCUT2D eigenvalue weighted by Crippen LogP contribution is 2.39. The van der Waals surface area contributed by atoms with Crippen LogP contribution in [-0.4, -0.2) is 31.8 Å². The van der Waals surface area contributed by atoms with Crippen LogP contribution in [0.15, 0.2) is 5.16 Å². The average Bonchev–Trinajstić information content (AvgIpc) is 3.17. The molecule has 2 heterocycles. The lowest BCUT2D eigenvalue weighted by Gasteiger charge is -2.11. The molecular weight excluding hydrogens is 346 g/mol. The van der Waals surface area contributed by atoms with Crippen molar-refractivity contribution in [2.24, 2.45) is 12.8 Å². The van der Waals surface area contributed by atoms with Crippen molar-refractivity contribution in [2.45, 2.75) is 43.5 Å². The second-order valence-electron chi connectivity index (χ2n) is 5.76. The summed E-state index contributed by atoms with van der Waals surface area (Å²) < 4.78 is 1.84. The fourth-order valence-electron chi connectivity index (χ4n) is 2.67. The summed E-state index contributed by atoms with van der Waals surface area (Å²) in [5.41, 5.74) is 7.01. The number of fused-ring (bicyclic) bond motifs is 1. The van der Waals surface area contributed by atoms with Crippen molar-refractivity contribution in [1.82, 2.24) is 14.8 Å². The minimum atomic E-state index is -0.478. The van der Waals surface area contributed by atoms with E-state index in [1.807, 2.05) is 18.5 Å². The average molecular weight is 365 g/mol. The number of amides is 2. The second kappa shape index (κ2) is 6.56. The lowest BCUT2D eigenvalue weighted by atomic mass is 10.1. The molecule has 0 unspecified atom stereocenters. The number of nitrogens with zero attached hydrogens (tertiary/aromatic N) is 3. The number of thioether (sulfide) groups is 1. The van der Waals surface area contributed by atoms with Crippen LogP contribution in [0.3, 0.4) is 0 Å². The standard InChI is InChI=1S/C15H19N5O2S2/c1-7(23-15-19-18-8(2)20(15)3)13(22)17-14-11(12(16)21)9-5-4-6-10(9)24-14/h7H,4-6H2,1-3H3,(H2,16,21)(H,17,22)/t7-/m0/s1. The lowest BCUT2D eigenvalue weighted by Crippen LogP contribution is -2.24. The Bertz CT molecular complexity index is 811. The Morgan fingerprint density at radius 2 is 2.12 bits per heavy atom. The summed E-state index contributed by atoms with van der Waals surface area (Å²) >= 11 is 2.79.